The summed E-state index contributed by atoms with van der Waals surface area (Å²) in [6.07, 6.45) is 1.85. The van der Waals surface area contributed by atoms with Gasteiger partial charge in [0.2, 0.25) is 17.7 Å². The molecule has 3 aromatic rings. The van der Waals surface area contributed by atoms with E-state index < -0.39 is 35.1 Å². The maximum absolute atomic E-state index is 14.8. The van der Waals surface area contributed by atoms with Gasteiger partial charge in [-0.15, -0.1) is 0 Å². The van der Waals surface area contributed by atoms with Crippen LogP contribution in [0.5, 0.6) is 5.75 Å². The summed E-state index contributed by atoms with van der Waals surface area (Å²) < 4.78 is 12.5. The third-order valence-corrected chi connectivity index (χ3v) is 10.2. The van der Waals surface area contributed by atoms with Gasteiger partial charge in [0, 0.05) is 11.4 Å². The second-order valence-electron chi connectivity index (χ2n) is 12.9. The van der Waals surface area contributed by atoms with Crippen molar-refractivity contribution < 1.29 is 29.0 Å². The van der Waals surface area contributed by atoms with Crippen LogP contribution in [-0.4, -0.2) is 64.2 Å². The summed E-state index contributed by atoms with van der Waals surface area (Å²) in [4.78, 5) is 45.0. The van der Waals surface area contributed by atoms with Crippen molar-refractivity contribution >= 4 is 29.1 Å². The monoisotopic (exact) mass is 625 g/mol. The van der Waals surface area contributed by atoms with Crippen LogP contribution < -0.4 is 15.4 Å². The molecule has 3 fully saturated rings. The van der Waals surface area contributed by atoms with Crippen molar-refractivity contribution in [2.24, 2.45) is 11.8 Å². The molecular formula is C37H43N3O6. The molecule has 6 atom stereocenters. The van der Waals surface area contributed by atoms with E-state index in [1.54, 1.807) is 24.3 Å². The van der Waals surface area contributed by atoms with Gasteiger partial charge in [-0.3, -0.25) is 14.4 Å². The first kappa shape index (κ1) is 31.8. The number of carbonyl (C=O) groups is 3. The summed E-state index contributed by atoms with van der Waals surface area (Å²) in [7, 11) is 0. The average Bonchev–Trinajstić information content (AvgIpc) is 3.66. The number of rotatable bonds is 11. The van der Waals surface area contributed by atoms with Crippen molar-refractivity contribution in [3.8, 4) is 5.75 Å². The highest BCUT2D eigenvalue weighted by atomic mass is 16.5. The maximum atomic E-state index is 14.8. The number of ether oxygens (including phenoxy) is 2. The summed E-state index contributed by atoms with van der Waals surface area (Å²) in [6.45, 7) is 7.93. The third-order valence-electron chi connectivity index (χ3n) is 10.2. The second kappa shape index (κ2) is 12.5. The summed E-state index contributed by atoms with van der Waals surface area (Å²) >= 11 is 0. The van der Waals surface area contributed by atoms with Crippen LogP contribution in [0.1, 0.15) is 49.8 Å². The molecule has 3 aromatic carbocycles. The quantitative estimate of drug-likeness (QED) is 0.275. The number of carbonyl (C=O) groups excluding carboxylic acids is 3. The predicted molar refractivity (Wildman–Crippen MR) is 175 cm³/mol. The Balaban J connectivity index is 1.39. The number of aliphatic hydroxyl groups excluding tert-OH is 1. The smallest absolute Gasteiger partial charge is 0.250 e. The predicted octanol–water partition coefficient (Wildman–Crippen LogP) is 5.04. The van der Waals surface area contributed by atoms with Gasteiger partial charge in [0.25, 0.3) is 0 Å². The van der Waals surface area contributed by atoms with Gasteiger partial charge < -0.3 is 30.1 Å². The Morgan fingerprint density at radius 1 is 1.00 bits per heavy atom. The molecule has 0 radical (unpaired) electrons. The van der Waals surface area contributed by atoms with Gasteiger partial charge in [0.05, 0.1) is 36.7 Å². The SMILES string of the molecule is CCOc1ccc(NC(=O)[C@H]2[C@H]3C(=O)N([C@@H](CO)Cc4ccccc4)C(C(=O)Nc4cc(C)ccc4C)C34CC[C@]2(CC)O4)cc1. The summed E-state index contributed by atoms with van der Waals surface area (Å²) in [5.41, 5.74) is 1.93. The largest absolute Gasteiger partial charge is 0.494 e. The summed E-state index contributed by atoms with van der Waals surface area (Å²) in [5, 5.41) is 16.9. The number of anilines is 2. The molecule has 1 spiro atoms. The summed E-state index contributed by atoms with van der Waals surface area (Å²) in [6, 6.07) is 20.8. The zero-order valence-electron chi connectivity index (χ0n) is 26.9. The van der Waals surface area contributed by atoms with Crippen LogP contribution in [0, 0.1) is 25.7 Å². The zero-order chi connectivity index (χ0) is 32.6. The van der Waals surface area contributed by atoms with Crippen molar-refractivity contribution in [2.75, 3.05) is 23.8 Å². The highest BCUT2D eigenvalue weighted by molar-refractivity contribution is 6.05. The number of fused-ring (bicyclic) bond motifs is 1. The minimum atomic E-state index is -1.22. The van der Waals surface area contributed by atoms with E-state index in [9.17, 15) is 19.5 Å². The molecular weight excluding hydrogens is 582 g/mol. The molecule has 9 nitrogen and oxygen atoms in total. The first-order valence-electron chi connectivity index (χ1n) is 16.3. The Labute approximate surface area is 270 Å². The van der Waals surface area contributed by atoms with Crippen LogP contribution in [0.15, 0.2) is 72.8 Å². The number of likely N-dealkylation sites (tertiary alicyclic amines) is 1. The fraction of sp³-hybridized carbons (Fsp3) is 0.432. The zero-order valence-corrected chi connectivity index (χ0v) is 26.9. The topological polar surface area (TPSA) is 117 Å². The molecule has 3 amide bonds. The van der Waals surface area contributed by atoms with Crippen molar-refractivity contribution in [3.05, 3.63) is 89.5 Å². The Hall–Kier alpha value is -4.21. The molecule has 9 heteroatoms. The van der Waals surface area contributed by atoms with Crippen LogP contribution in [0.2, 0.25) is 0 Å². The molecule has 6 rings (SSSR count). The minimum absolute atomic E-state index is 0.315. The normalized spacial score (nSPS) is 26.9. The lowest BCUT2D eigenvalue weighted by Crippen LogP contribution is -2.57. The molecule has 0 aromatic heterocycles. The van der Waals surface area contributed by atoms with E-state index in [1.807, 2.05) is 76.2 Å². The van der Waals surface area contributed by atoms with E-state index >= 15 is 0 Å². The number of hydrogen-bond donors (Lipinski definition) is 3. The lowest BCUT2D eigenvalue weighted by molar-refractivity contribution is -0.148. The molecule has 2 unspecified atom stereocenters. The van der Waals surface area contributed by atoms with E-state index in [4.69, 9.17) is 9.47 Å². The fourth-order valence-corrected chi connectivity index (χ4v) is 7.98. The molecule has 3 saturated heterocycles. The number of nitrogens with one attached hydrogen (secondary N) is 2. The van der Waals surface area contributed by atoms with Crippen LogP contribution in [0.25, 0.3) is 0 Å². The summed E-state index contributed by atoms with van der Waals surface area (Å²) in [5.74, 6) is -2.04. The van der Waals surface area contributed by atoms with E-state index in [-0.39, 0.29) is 24.3 Å². The standard InChI is InChI=1S/C37H43N3O6/c1-5-36-18-19-37(46-36)31(30(36)33(42)38-26-14-16-28(17-15-26)45-6-2)35(44)40(27(22-41)21-25-10-8-7-9-11-25)32(37)34(43)39-29-20-23(3)12-13-24(29)4/h7-17,20,27,30-32,41H,5-6,18-19,21-22H2,1-4H3,(H,38,42)(H,39,43)/t27-,30-,31+,32?,36+,37?/m1/s1. The highest BCUT2D eigenvalue weighted by Gasteiger charge is 2.79. The first-order chi connectivity index (χ1) is 22.2. The van der Waals surface area contributed by atoms with Gasteiger partial charge in [-0.25, -0.2) is 0 Å². The number of aryl methyl sites for hydroxylation is 2. The molecule has 3 heterocycles. The molecule has 3 aliphatic rings. The lowest BCUT2D eigenvalue weighted by atomic mass is 9.65. The molecule has 242 valence electrons. The first-order valence-corrected chi connectivity index (χ1v) is 16.3. The maximum Gasteiger partial charge on any atom is 0.250 e. The Morgan fingerprint density at radius 3 is 2.41 bits per heavy atom. The van der Waals surface area contributed by atoms with Crippen LogP contribution in [-0.2, 0) is 25.5 Å². The van der Waals surface area contributed by atoms with Crippen LogP contribution in [0.3, 0.4) is 0 Å². The fourth-order valence-electron chi connectivity index (χ4n) is 7.98. The second-order valence-corrected chi connectivity index (χ2v) is 12.9. The number of amides is 3. The van der Waals surface area contributed by atoms with Crippen LogP contribution >= 0.6 is 0 Å². The van der Waals surface area contributed by atoms with E-state index in [0.29, 0.717) is 49.4 Å². The lowest BCUT2D eigenvalue weighted by Gasteiger charge is -2.37. The van der Waals surface area contributed by atoms with Gasteiger partial charge in [0.1, 0.15) is 17.4 Å². The van der Waals surface area contributed by atoms with Gasteiger partial charge >= 0.3 is 0 Å². The molecule has 0 saturated carbocycles. The van der Waals surface area contributed by atoms with Gasteiger partial charge in [0.15, 0.2) is 0 Å². The number of benzene rings is 3. The molecule has 3 N–H and O–H groups in total. The van der Waals surface area contributed by atoms with E-state index in [2.05, 4.69) is 10.6 Å². The Morgan fingerprint density at radius 2 is 1.74 bits per heavy atom. The molecule has 46 heavy (non-hydrogen) atoms. The third kappa shape index (κ3) is 5.35. The van der Waals surface area contributed by atoms with Gasteiger partial charge in [-0.2, -0.15) is 0 Å². The van der Waals surface area contributed by atoms with Crippen LogP contribution in [0.4, 0.5) is 11.4 Å². The van der Waals surface area contributed by atoms with E-state index in [0.717, 1.165) is 16.7 Å². The number of aliphatic hydroxyl groups is 1. The van der Waals surface area contributed by atoms with Crippen molar-refractivity contribution in [3.63, 3.8) is 0 Å². The van der Waals surface area contributed by atoms with Crippen molar-refractivity contribution in [1.82, 2.24) is 4.90 Å². The van der Waals surface area contributed by atoms with Gasteiger partial charge in [-0.05, 0) is 93.5 Å². The van der Waals surface area contributed by atoms with Crippen molar-refractivity contribution in [1.29, 1.82) is 0 Å². The Bertz CT molecular complexity index is 1610. The van der Waals surface area contributed by atoms with E-state index in [1.165, 1.54) is 4.90 Å². The minimum Gasteiger partial charge on any atom is -0.494 e. The number of hydrogen-bond acceptors (Lipinski definition) is 6. The van der Waals surface area contributed by atoms with Gasteiger partial charge in [-0.1, -0.05) is 49.4 Å². The average molecular weight is 626 g/mol. The molecule has 2 bridgehead atoms. The van der Waals surface area contributed by atoms with Crippen molar-refractivity contribution in [2.45, 2.75) is 76.7 Å². The molecule has 0 aliphatic carbocycles. The molecule has 3 aliphatic heterocycles. The highest BCUT2D eigenvalue weighted by Crippen LogP contribution is 2.64. The number of nitrogens with zero attached hydrogens (tertiary/aromatic N) is 1. The Kier molecular flexibility index (Phi) is 8.65.